The van der Waals surface area contributed by atoms with Crippen molar-refractivity contribution in [1.29, 1.82) is 0 Å². The molecule has 83 heavy (non-hydrogen) atoms. The molecule has 1 aliphatic rings. The lowest BCUT2D eigenvalue weighted by Gasteiger charge is -2.33. The van der Waals surface area contributed by atoms with Crippen molar-refractivity contribution in [2.24, 2.45) is 14.1 Å². The molecule has 2 aromatic carbocycles. The van der Waals surface area contributed by atoms with Crippen LogP contribution in [0.3, 0.4) is 0 Å². The number of hydrogen-bond donors (Lipinski definition) is 8. The molecule has 458 valence electrons. The Morgan fingerprint density at radius 1 is 0.711 bits per heavy atom. The van der Waals surface area contributed by atoms with Crippen LogP contribution >= 0.6 is 0 Å². The molecule has 1 aliphatic heterocycles. The SMILES string of the molecule is CC[C@H](NC(=O)CN1CCN(CC)CCN(CC)CCN(CC)CC1)C(=O)N[C@@H](CC)C(=O)NCCNC(=O)CCCOc1cc(C)c(S(=O)(=O)N[C@@H](CNC(=O)c2cn(C)c3cc(CNc4nccn4C)ccc3c2=O)C(=O)O)c(C)c1. The first-order chi connectivity index (χ1) is 39.6. The van der Waals surface area contributed by atoms with E-state index in [1.807, 2.05) is 17.7 Å². The van der Waals surface area contributed by atoms with E-state index >= 15 is 0 Å². The Hall–Kier alpha value is -6.97. The number of hydrogen-bond acceptors (Lipinski definition) is 16. The number of benzene rings is 2. The molecule has 26 heteroatoms. The van der Waals surface area contributed by atoms with Gasteiger partial charge in [0, 0.05) is 123 Å². The highest BCUT2D eigenvalue weighted by Gasteiger charge is 2.30. The molecule has 8 N–H and O–H groups in total. The Labute approximate surface area is 487 Å². The zero-order valence-corrected chi connectivity index (χ0v) is 50.6. The molecule has 5 amide bonds. The van der Waals surface area contributed by atoms with Crippen LogP contribution in [0.1, 0.15) is 87.4 Å². The van der Waals surface area contributed by atoms with E-state index in [9.17, 15) is 47.1 Å². The first-order valence-corrected chi connectivity index (χ1v) is 30.2. The van der Waals surface area contributed by atoms with Gasteiger partial charge in [0.25, 0.3) is 5.91 Å². The van der Waals surface area contributed by atoms with Crippen LogP contribution in [0.5, 0.6) is 5.75 Å². The molecule has 0 unspecified atom stereocenters. The molecule has 0 spiro atoms. The molecular weight excluding hydrogens is 1090 g/mol. The quantitative estimate of drug-likeness (QED) is 0.0354. The van der Waals surface area contributed by atoms with Crippen LogP contribution in [0.15, 0.2) is 58.6 Å². The van der Waals surface area contributed by atoms with Crippen molar-refractivity contribution in [3.05, 3.63) is 81.4 Å². The Morgan fingerprint density at radius 2 is 1.29 bits per heavy atom. The number of nitrogens with one attached hydrogen (secondary N) is 7. The van der Waals surface area contributed by atoms with Gasteiger partial charge < -0.3 is 65.6 Å². The number of carboxylic acids is 1. The van der Waals surface area contributed by atoms with E-state index in [1.54, 1.807) is 50.0 Å². The van der Waals surface area contributed by atoms with Crippen LogP contribution in [0.4, 0.5) is 5.95 Å². The van der Waals surface area contributed by atoms with E-state index in [2.05, 4.69) is 82.0 Å². The summed E-state index contributed by atoms with van der Waals surface area (Å²) in [6.45, 7) is 23.2. The molecule has 1 saturated heterocycles. The number of carbonyl (C=O) groups excluding carboxylic acids is 5. The van der Waals surface area contributed by atoms with Crippen LogP contribution in [0, 0.1) is 13.8 Å². The predicted octanol–water partition coefficient (Wildman–Crippen LogP) is 1.12. The summed E-state index contributed by atoms with van der Waals surface area (Å²) < 4.78 is 38.8. The van der Waals surface area contributed by atoms with Gasteiger partial charge in [-0.25, -0.2) is 13.4 Å². The number of aliphatic carboxylic acids is 1. The van der Waals surface area contributed by atoms with Gasteiger partial charge in [-0.2, -0.15) is 4.72 Å². The van der Waals surface area contributed by atoms with Gasteiger partial charge in [-0.05, 0) is 93.7 Å². The minimum absolute atomic E-state index is 0.0825. The second-order valence-corrected chi connectivity index (χ2v) is 22.5. The average molecular weight is 1180 g/mol. The van der Waals surface area contributed by atoms with E-state index < -0.39 is 63.8 Å². The second-order valence-electron chi connectivity index (χ2n) is 20.8. The van der Waals surface area contributed by atoms with E-state index in [0.717, 1.165) is 77.6 Å². The molecule has 1 fully saturated rings. The number of anilines is 1. The van der Waals surface area contributed by atoms with Crippen molar-refractivity contribution in [2.45, 2.75) is 104 Å². The number of rotatable bonds is 29. The number of imidazole rings is 1. The fourth-order valence-electron chi connectivity index (χ4n) is 9.78. The minimum atomic E-state index is -4.48. The molecule has 25 nitrogen and oxygen atoms in total. The molecule has 3 atom stereocenters. The molecule has 4 aromatic rings. The van der Waals surface area contributed by atoms with Crippen LogP contribution in [-0.4, -0.2) is 206 Å². The first-order valence-electron chi connectivity index (χ1n) is 28.8. The van der Waals surface area contributed by atoms with Crippen LogP contribution in [0.25, 0.3) is 10.9 Å². The van der Waals surface area contributed by atoms with Crippen molar-refractivity contribution in [3.63, 3.8) is 0 Å². The lowest BCUT2D eigenvalue weighted by molar-refractivity contribution is -0.138. The van der Waals surface area contributed by atoms with Crippen molar-refractivity contribution < 1.29 is 47.0 Å². The van der Waals surface area contributed by atoms with Gasteiger partial charge in [0.1, 0.15) is 29.4 Å². The van der Waals surface area contributed by atoms with E-state index in [-0.39, 0.29) is 71.4 Å². The standard InChI is InChI=1S/C57H88N14O11S/c1-10-45(64-55(77)46(11-2)63-50(73)38-71-29-27-69(13-4)25-23-68(12-3)24-26-70(14-5)28-30-71)54(76)59-20-19-58-49(72)16-15-31-82-42-32-39(6)52(40(7)33-42)83(80,81)65-47(56(78)79)36-61-53(75)44-37-67(9)48-34-41(17-18-43(48)51(44)74)35-62-57-60-21-22-66(57)8/h17-18,21-22,32-34,37,45-47,65H,10-16,19-20,23-31,35-36,38H2,1-9H3,(H,58,72)(H,59,76)(H,60,62)(H,61,75)(H,63,73)(H,64,77)(H,78,79)/t45-,46-,47-/m0/s1. The summed E-state index contributed by atoms with van der Waals surface area (Å²) in [6.07, 6.45) is 5.82. The third-order valence-electron chi connectivity index (χ3n) is 14.8. The Bertz CT molecular complexity index is 2980. The number of amides is 5. The molecule has 0 radical (unpaired) electrons. The molecule has 0 aliphatic carbocycles. The molecule has 3 heterocycles. The fraction of sp³-hybridized carbons (Fsp3) is 0.579. The first kappa shape index (κ1) is 66.8. The number of ether oxygens (including phenoxy) is 1. The summed E-state index contributed by atoms with van der Waals surface area (Å²) in [6, 6.07) is 4.62. The number of carbonyl (C=O) groups is 6. The van der Waals surface area contributed by atoms with Gasteiger partial charge in [0.15, 0.2) is 0 Å². The Morgan fingerprint density at radius 3 is 1.84 bits per heavy atom. The smallest absolute Gasteiger partial charge is 0.323 e. The Balaban J connectivity index is 1.02. The van der Waals surface area contributed by atoms with Crippen LogP contribution < -0.4 is 46.8 Å². The highest BCUT2D eigenvalue weighted by molar-refractivity contribution is 7.89. The maximum absolute atomic E-state index is 13.7. The topological polar surface area (TPSA) is 303 Å². The fourth-order valence-corrected chi connectivity index (χ4v) is 11.4. The van der Waals surface area contributed by atoms with Gasteiger partial charge in [0.05, 0.1) is 23.6 Å². The highest BCUT2D eigenvalue weighted by Crippen LogP contribution is 2.26. The van der Waals surface area contributed by atoms with Gasteiger partial charge in [-0.1, -0.05) is 40.7 Å². The summed E-state index contributed by atoms with van der Waals surface area (Å²) >= 11 is 0. The monoisotopic (exact) mass is 1180 g/mol. The van der Waals surface area contributed by atoms with Gasteiger partial charge in [-0.3, -0.25) is 38.5 Å². The van der Waals surface area contributed by atoms with Crippen molar-refractivity contribution in [1.82, 2.24) is 65.0 Å². The van der Waals surface area contributed by atoms with E-state index in [4.69, 9.17) is 4.74 Å². The van der Waals surface area contributed by atoms with Gasteiger partial charge >= 0.3 is 5.97 Å². The zero-order valence-electron chi connectivity index (χ0n) is 49.8. The summed E-state index contributed by atoms with van der Waals surface area (Å²) in [4.78, 5) is 105. The molecule has 5 rings (SSSR count). The van der Waals surface area contributed by atoms with E-state index in [0.29, 0.717) is 43.0 Å². The lowest BCUT2D eigenvalue weighted by Crippen LogP contribution is -2.55. The predicted molar refractivity (Wildman–Crippen MR) is 318 cm³/mol. The number of sulfonamides is 1. The number of aryl methyl sites for hydroxylation is 4. The summed E-state index contributed by atoms with van der Waals surface area (Å²) in [5, 5.41) is 27.1. The maximum atomic E-state index is 13.7. The highest BCUT2D eigenvalue weighted by atomic mass is 32.2. The van der Waals surface area contributed by atoms with Gasteiger partial charge in [-0.15, -0.1) is 0 Å². The summed E-state index contributed by atoms with van der Waals surface area (Å²) in [5.74, 6) is -2.89. The van der Waals surface area contributed by atoms with Crippen molar-refractivity contribution >= 4 is 62.4 Å². The minimum Gasteiger partial charge on any atom is -0.494 e. The largest absolute Gasteiger partial charge is 0.494 e. The maximum Gasteiger partial charge on any atom is 0.323 e. The average Bonchev–Trinajstić information content (AvgIpc) is 4.06. The number of likely N-dealkylation sites (N-methyl/N-ethyl adjacent to an activating group) is 3. The zero-order chi connectivity index (χ0) is 60.8. The number of pyridine rings is 1. The Kier molecular flexibility index (Phi) is 26.4. The van der Waals surface area contributed by atoms with Gasteiger partial charge in [0.2, 0.25) is 45.0 Å². The second kappa shape index (κ2) is 32.8. The summed E-state index contributed by atoms with van der Waals surface area (Å²) in [5.41, 5.74) is 1.07. The molecule has 2 aromatic heterocycles. The number of fused-ring (bicyclic) bond motifs is 1. The van der Waals surface area contributed by atoms with E-state index in [1.165, 1.54) is 32.2 Å². The van der Waals surface area contributed by atoms with Crippen LogP contribution in [0.2, 0.25) is 0 Å². The van der Waals surface area contributed by atoms with Crippen molar-refractivity contribution in [2.75, 3.05) is 110 Å². The third-order valence-corrected chi connectivity index (χ3v) is 16.6. The number of nitrogens with zero attached hydrogens (tertiary/aromatic N) is 7. The molecule has 0 bridgehead atoms. The third kappa shape index (κ3) is 20.1. The normalized spacial score (nSPS) is 15.5. The lowest BCUT2D eigenvalue weighted by atomic mass is 10.1. The summed E-state index contributed by atoms with van der Waals surface area (Å²) in [7, 11) is -0.964. The molecular formula is C57H88N14O11S. The number of carboxylic acid groups (broad SMARTS) is 1. The molecule has 0 saturated carbocycles. The van der Waals surface area contributed by atoms with Crippen LogP contribution in [-0.2, 0) is 54.6 Å². The van der Waals surface area contributed by atoms with Crippen molar-refractivity contribution in [3.8, 4) is 5.75 Å². The number of aromatic nitrogens is 3.